The number of hydrogen-bond acceptors (Lipinski definition) is 2. The average molecular weight is 244 g/mol. The molecule has 1 aromatic rings. The molecule has 0 amide bonds. The van der Waals surface area contributed by atoms with Gasteiger partial charge in [-0.3, -0.25) is 4.68 Å². The fourth-order valence-corrected chi connectivity index (χ4v) is 2.00. The predicted molar refractivity (Wildman–Crippen MR) is 68.8 cm³/mol. The van der Waals surface area contributed by atoms with Crippen LogP contribution in [-0.4, -0.2) is 21.7 Å². The average Bonchev–Trinajstić information content (AvgIpc) is 2.65. The van der Waals surface area contributed by atoms with Gasteiger partial charge in [0.15, 0.2) is 0 Å². The summed E-state index contributed by atoms with van der Waals surface area (Å²) in [6.07, 6.45) is 3.13. The Morgan fingerprint density at radius 2 is 2.25 bits per heavy atom. The van der Waals surface area contributed by atoms with Gasteiger partial charge in [0.05, 0.1) is 11.4 Å². The van der Waals surface area contributed by atoms with Crippen LogP contribution < -0.4 is 5.32 Å². The van der Waals surface area contributed by atoms with Crippen molar-refractivity contribution in [3.8, 4) is 0 Å². The summed E-state index contributed by atoms with van der Waals surface area (Å²) in [4.78, 5) is 0. The van der Waals surface area contributed by atoms with Gasteiger partial charge in [0.25, 0.3) is 0 Å². The molecule has 1 atom stereocenters. The summed E-state index contributed by atoms with van der Waals surface area (Å²) in [6, 6.07) is 2.68. The number of nitrogens with zero attached hydrogens (tertiary/aromatic N) is 2. The van der Waals surface area contributed by atoms with E-state index in [4.69, 9.17) is 11.6 Å². The first-order valence-corrected chi connectivity index (χ1v) is 6.55. The molecular formula is C12H22ClN3. The van der Waals surface area contributed by atoms with Gasteiger partial charge in [0.1, 0.15) is 0 Å². The number of hydrogen-bond donors (Lipinski definition) is 1. The molecule has 1 N–H and O–H groups in total. The third kappa shape index (κ3) is 3.80. The summed E-state index contributed by atoms with van der Waals surface area (Å²) in [5, 5.41) is 7.95. The Bertz CT molecular complexity index is 309. The Labute approximate surface area is 103 Å². The van der Waals surface area contributed by atoms with E-state index in [-0.39, 0.29) is 0 Å². The minimum absolute atomic E-state index is 0.512. The first-order valence-electron chi connectivity index (χ1n) is 6.02. The van der Waals surface area contributed by atoms with Crippen molar-refractivity contribution in [1.82, 2.24) is 15.1 Å². The standard InChI is InChI=1S/C12H22ClN3/c1-4-10(6-7-13)14-9-12-8-11(5-2)15-16(12)3/h8,10,14H,4-7,9H2,1-3H3. The molecule has 0 saturated heterocycles. The fraction of sp³-hybridized carbons (Fsp3) is 0.750. The van der Waals surface area contributed by atoms with Crippen molar-refractivity contribution in [2.24, 2.45) is 7.05 Å². The van der Waals surface area contributed by atoms with Gasteiger partial charge in [-0.1, -0.05) is 13.8 Å². The van der Waals surface area contributed by atoms with Crippen LogP contribution in [0.15, 0.2) is 6.07 Å². The topological polar surface area (TPSA) is 29.9 Å². The minimum atomic E-state index is 0.512. The van der Waals surface area contributed by atoms with E-state index in [1.54, 1.807) is 0 Å². The third-order valence-electron chi connectivity index (χ3n) is 2.91. The predicted octanol–water partition coefficient (Wildman–Crippen LogP) is 2.48. The van der Waals surface area contributed by atoms with Gasteiger partial charge in [0, 0.05) is 25.5 Å². The second-order valence-corrected chi connectivity index (χ2v) is 4.45. The Balaban J connectivity index is 2.49. The number of rotatable bonds is 7. The molecule has 1 rings (SSSR count). The van der Waals surface area contributed by atoms with Crippen LogP contribution in [0.2, 0.25) is 0 Å². The minimum Gasteiger partial charge on any atom is -0.308 e. The highest BCUT2D eigenvalue weighted by Gasteiger charge is 2.07. The van der Waals surface area contributed by atoms with Gasteiger partial charge in [-0.25, -0.2) is 0 Å². The van der Waals surface area contributed by atoms with E-state index in [2.05, 4.69) is 30.3 Å². The van der Waals surface area contributed by atoms with Crippen LogP contribution in [0.4, 0.5) is 0 Å². The Morgan fingerprint density at radius 1 is 1.50 bits per heavy atom. The molecule has 1 heterocycles. The molecule has 0 saturated carbocycles. The van der Waals surface area contributed by atoms with Gasteiger partial charge in [-0.2, -0.15) is 5.10 Å². The fourth-order valence-electron chi connectivity index (χ4n) is 1.74. The van der Waals surface area contributed by atoms with Crippen molar-refractivity contribution in [3.63, 3.8) is 0 Å². The number of aryl methyl sites for hydroxylation is 2. The number of nitrogens with one attached hydrogen (secondary N) is 1. The van der Waals surface area contributed by atoms with Crippen molar-refractivity contribution in [1.29, 1.82) is 0 Å². The number of aromatic nitrogens is 2. The molecule has 0 spiro atoms. The highest BCUT2D eigenvalue weighted by atomic mass is 35.5. The summed E-state index contributed by atoms with van der Waals surface area (Å²) in [7, 11) is 2.00. The molecule has 0 aliphatic carbocycles. The van der Waals surface area contributed by atoms with Crippen LogP contribution in [-0.2, 0) is 20.0 Å². The Hall–Kier alpha value is -0.540. The largest absolute Gasteiger partial charge is 0.308 e. The van der Waals surface area contributed by atoms with Gasteiger partial charge in [-0.15, -0.1) is 11.6 Å². The Morgan fingerprint density at radius 3 is 2.75 bits per heavy atom. The first-order chi connectivity index (χ1) is 7.71. The maximum absolute atomic E-state index is 5.76. The van der Waals surface area contributed by atoms with E-state index < -0.39 is 0 Å². The highest BCUT2D eigenvalue weighted by molar-refractivity contribution is 6.17. The lowest BCUT2D eigenvalue weighted by molar-refractivity contribution is 0.474. The maximum Gasteiger partial charge on any atom is 0.0625 e. The third-order valence-corrected chi connectivity index (χ3v) is 3.13. The molecule has 0 fully saturated rings. The van der Waals surface area contributed by atoms with Crippen molar-refractivity contribution in [3.05, 3.63) is 17.5 Å². The van der Waals surface area contributed by atoms with Gasteiger partial charge < -0.3 is 5.32 Å². The van der Waals surface area contributed by atoms with Crippen molar-refractivity contribution in [2.45, 2.75) is 45.7 Å². The zero-order valence-corrected chi connectivity index (χ0v) is 11.2. The lowest BCUT2D eigenvalue weighted by atomic mass is 10.1. The van der Waals surface area contributed by atoms with E-state index >= 15 is 0 Å². The van der Waals surface area contributed by atoms with Crippen LogP contribution in [0.25, 0.3) is 0 Å². The molecular weight excluding hydrogens is 222 g/mol. The van der Waals surface area contributed by atoms with E-state index in [9.17, 15) is 0 Å². The Kier molecular flexibility index (Phi) is 5.85. The second-order valence-electron chi connectivity index (χ2n) is 4.07. The molecule has 16 heavy (non-hydrogen) atoms. The number of alkyl halides is 1. The SMILES string of the molecule is CCc1cc(CNC(CC)CCCl)n(C)n1. The summed E-state index contributed by atoms with van der Waals surface area (Å²) in [6.45, 7) is 5.19. The van der Waals surface area contributed by atoms with Crippen molar-refractivity contribution in [2.75, 3.05) is 5.88 Å². The summed E-state index contributed by atoms with van der Waals surface area (Å²) >= 11 is 5.76. The number of halogens is 1. The van der Waals surface area contributed by atoms with Crippen molar-refractivity contribution < 1.29 is 0 Å². The van der Waals surface area contributed by atoms with Gasteiger partial charge in [0.2, 0.25) is 0 Å². The molecule has 1 aromatic heterocycles. The quantitative estimate of drug-likeness (QED) is 0.746. The first kappa shape index (κ1) is 13.5. The van der Waals surface area contributed by atoms with Crippen LogP contribution in [0.5, 0.6) is 0 Å². The van der Waals surface area contributed by atoms with E-state index in [0.717, 1.165) is 37.4 Å². The van der Waals surface area contributed by atoms with Crippen LogP contribution >= 0.6 is 11.6 Å². The highest BCUT2D eigenvalue weighted by Crippen LogP contribution is 2.06. The van der Waals surface area contributed by atoms with E-state index in [0.29, 0.717) is 6.04 Å². The summed E-state index contributed by atoms with van der Waals surface area (Å²) < 4.78 is 1.96. The molecule has 0 aliphatic heterocycles. The van der Waals surface area contributed by atoms with Gasteiger partial charge in [-0.05, 0) is 25.3 Å². The molecule has 3 nitrogen and oxygen atoms in total. The molecule has 0 bridgehead atoms. The normalized spacial score (nSPS) is 13.0. The van der Waals surface area contributed by atoms with E-state index in [1.807, 2.05) is 11.7 Å². The molecule has 0 aromatic carbocycles. The van der Waals surface area contributed by atoms with Crippen LogP contribution in [0, 0.1) is 0 Å². The summed E-state index contributed by atoms with van der Waals surface area (Å²) in [5.41, 5.74) is 2.40. The zero-order valence-electron chi connectivity index (χ0n) is 10.5. The van der Waals surface area contributed by atoms with Crippen molar-refractivity contribution >= 4 is 11.6 Å². The smallest absolute Gasteiger partial charge is 0.0625 e. The van der Waals surface area contributed by atoms with Gasteiger partial charge >= 0.3 is 0 Å². The lowest BCUT2D eigenvalue weighted by Gasteiger charge is -2.15. The molecule has 0 radical (unpaired) electrons. The zero-order chi connectivity index (χ0) is 12.0. The lowest BCUT2D eigenvalue weighted by Crippen LogP contribution is -2.29. The molecule has 1 unspecified atom stereocenters. The second kappa shape index (κ2) is 6.92. The van der Waals surface area contributed by atoms with Crippen LogP contribution in [0.1, 0.15) is 38.1 Å². The molecule has 92 valence electrons. The van der Waals surface area contributed by atoms with Crippen LogP contribution in [0.3, 0.4) is 0 Å². The van der Waals surface area contributed by atoms with E-state index in [1.165, 1.54) is 5.69 Å². The molecule has 0 aliphatic rings. The monoisotopic (exact) mass is 243 g/mol. The summed E-state index contributed by atoms with van der Waals surface area (Å²) in [5.74, 6) is 0.719. The maximum atomic E-state index is 5.76. The molecule has 4 heteroatoms.